The Labute approximate surface area is 111 Å². The van der Waals surface area contributed by atoms with E-state index in [0.717, 1.165) is 12.6 Å². The van der Waals surface area contributed by atoms with Crippen molar-refractivity contribution < 1.29 is 8.78 Å². The summed E-state index contributed by atoms with van der Waals surface area (Å²) in [5.41, 5.74) is 1.69. The number of nitrogens with one attached hydrogen (secondary N) is 1. The van der Waals surface area contributed by atoms with Crippen molar-refractivity contribution in [2.24, 2.45) is 0 Å². The fourth-order valence-corrected chi connectivity index (χ4v) is 2.09. The van der Waals surface area contributed by atoms with E-state index in [9.17, 15) is 8.78 Å². The Kier molecular flexibility index (Phi) is 3.34. The van der Waals surface area contributed by atoms with Crippen molar-refractivity contribution in [2.75, 3.05) is 0 Å². The van der Waals surface area contributed by atoms with E-state index in [1.807, 2.05) is 23.0 Å². The predicted molar refractivity (Wildman–Crippen MR) is 69.8 cm³/mol. The molecule has 0 saturated heterocycles. The Morgan fingerprint density at radius 3 is 2.79 bits per heavy atom. The third-order valence-corrected chi connectivity index (χ3v) is 3.35. The summed E-state index contributed by atoms with van der Waals surface area (Å²) in [4.78, 5) is 0. The van der Waals surface area contributed by atoms with Crippen LogP contribution in [0, 0.1) is 11.6 Å². The van der Waals surface area contributed by atoms with E-state index in [-0.39, 0.29) is 0 Å². The minimum atomic E-state index is -0.539. The Bertz CT molecular complexity index is 573. The largest absolute Gasteiger partial charge is 0.349 e. The normalized spacial score (nSPS) is 14.8. The standard InChI is InChI=1S/C15H16F2N2/c16-13-2-1-12(15(17)7-13)10-19-6-5-11(9-19)8-18-14-3-4-14/h1-2,5-7,9,14,18H,3-4,8,10H2. The first-order valence-electron chi connectivity index (χ1n) is 6.53. The number of benzene rings is 1. The Hall–Kier alpha value is -1.68. The minimum Gasteiger partial charge on any atom is -0.349 e. The molecule has 1 saturated carbocycles. The van der Waals surface area contributed by atoms with Gasteiger partial charge >= 0.3 is 0 Å². The van der Waals surface area contributed by atoms with Gasteiger partial charge in [0, 0.05) is 43.2 Å². The van der Waals surface area contributed by atoms with Crippen LogP contribution in [-0.4, -0.2) is 10.6 Å². The lowest BCUT2D eigenvalue weighted by Gasteiger charge is -2.05. The average Bonchev–Trinajstić information content (AvgIpc) is 3.10. The first-order valence-corrected chi connectivity index (χ1v) is 6.53. The van der Waals surface area contributed by atoms with Gasteiger partial charge in [-0.1, -0.05) is 6.07 Å². The second-order valence-corrected chi connectivity index (χ2v) is 5.08. The van der Waals surface area contributed by atoms with Crippen LogP contribution in [0.1, 0.15) is 24.0 Å². The number of hydrogen-bond donors (Lipinski definition) is 1. The minimum absolute atomic E-state index is 0.426. The molecule has 0 bridgehead atoms. The monoisotopic (exact) mass is 262 g/mol. The van der Waals surface area contributed by atoms with Gasteiger partial charge in [0.15, 0.2) is 0 Å². The van der Waals surface area contributed by atoms with Gasteiger partial charge in [-0.05, 0) is 30.5 Å². The molecule has 0 unspecified atom stereocenters. The summed E-state index contributed by atoms with van der Waals surface area (Å²) in [7, 11) is 0. The lowest BCUT2D eigenvalue weighted by molar-refractivity contribution is 0.566. The molecule has 100 valence electrons. The zero-order chi connectivity index (χ0) is 13.2. The fraction of sp³-hybridized carbons (Fsp3) is 0.333. The molecule has 0 aliphatic heterocycles. The molecule has 0 atom stereocenters. The van der Waals surface area contributed by atoms with Crippen molar-refractivity contribution >= 4 is 0 Å². The quantitative estimate of drug-likeness (QED) is 0.876. The van der Waals surface area contributed by atoms with Crippen LogP contribution in [0.3, 0.4) is 0 Å². The summed E-state index contributed by atoms with van der Waals surface area (Å²) in [6, 6.07) is 6.41. The summed E-state index contributed by atoms with van der Waals surface area (Å²) in [6.45, 7) is 1.28. The molecular weight excluding hydrogens is 246 g/mol. The van der Waals surface area contributed by atoms with Crippen molar-refractivity contribution in [3.05, 3.63) is 59.4 Å². The van der Waals surface area contributed by atoms with Crippen molar-refractivity contribution in [2.45, 2.75) is 32.0 Å². The summed E-state index contributed by atoms with van der Waals surface area (Å²) < 4.78 is 28.3. The molecule has 0 spiro atoms. The van der Waals surface area contributed by atoms with Gasteiger partial charge in [0.25, 0.3) is 0 Å². The van der Waals surface area contributed by atoms with Crippen LogP contribution < -0.4 is 5.32 Å². The molecule has 1 aromatic heterocycles. The molecule has 1 heterocycles. The highest BCUT2D eigenvalue weighted by Crippen LogP contribution is 2.19. The van der Waals surface area contributed by atoms with Crippen LogP contribution in [0.2, 0.25) is 0 Å². The maximum atomic E-state index is 13.5. The zero-order valence-electron chi connectivity index (χ0n) is 10.6. The molecule has 2 nitrogen and oxygen atoms in total. The van der Waals surface area contributed by atoms with E-state index in [4.69, 9.17) is 0 Å². The first-order chi connectivity index (χ1) is 9.20. The Morgan fingerprint density at radius 2 is 2.05 bits per heavy atom. The average molecular weight is 262 g/mol. The van der Waals surface area contributed by atoms with Gasteiger partial charge in [0.05, 0.1) is 0 Å². The molecule has 3 rings (SSSR count). The van der Waals surface area contributed by atoms with E-state index in [2.05, 4.69) is 5.32 Å². The van der Waals surface area contributed by atoms with Crippen molar-refractivity contribution in [3.63, 3.8) is 0 Å². The zero-order valence-corrected chi connectivity index (χ0v) is 10.6. The Balaban J connectivity index is 1.65. The number of hydrogen-bond acceptors (Lipinski definition) is 1. The van der Waals surface area contributed by atoms with Gasteiger partial charge in [0.2, 0.25) is 0 Å². The van der Waals surface area contributed by atoms with E-state index in [1.54, 1.807) is 0 Å². The van der Waals surface area contributed by atoms with Crippen molar-refractivity contribution in [1.82, 2.24) is 9.88 Å². The van der Waals surface area contributed by atoms with E-state index >= 15 is 0 Å². The molecule has 1 N–H and O–H groups in total. The van der Waals surface area contributed by atoms with E-state index in [1.165, 1.54) is 30.5 Å². The van der Waals surface area contributed by atoms with Crippen LogP contribution in [-0.2, 0) is 13.1 Å². The number of rotatable bonds is 5. The van der Waals surface area contributed by atoms with Gasteiger partial charge in [-0.25, -0.2) is 8.78 Å². The summed E-state index contributed by atoms with van der Waals surface area (Å²) in [5.74, 6) is -1.03. The molecule has 1 aliphatic carbocycles. The van der Waals surface area contributed by atoms with Crippen LogP contribution in [0.25, 0.3) is 0 Å². The number of aromatic nitrogens is 1. The van der Waals surface area contributed by atoms with E-state index < -0.39 is 11.6 Å². The smallest absolute Gasteiger partial charge is 0.131 e. The molecule has 0 radical (unpaired) electrons. The summed E-state index contributed by atoms with van der Waals surface area (Å²) in [5, 5.41) is 3.43. The fourth-order valence-electron chi connectivity index (χ4n) is 2.09. The van der Waals surface area contributed by atoms with Gasteiger partial charge < -0.3 is 9.88 Å². The lowest BCUT2D eigenvalue weighted by atomic mass is 10.2. The van der Waals surface area contributed by atoms with Gasteiger partial charge in [-0.15, -0.1) is 0 Å². The van der Waals surface area contributed by atoms with Gasteiger partial charge in [0.1, 0.15) is 11.6 Å². The first kappa shape index (κ1) is 12.4. The highest BCUT2D eigenvalue weighted by Gasteiger charge is 2.19. The lowest BCUT2D eigenvalue weighted by Crippen LogP contribution is -2.14. The molecule has 1 fully saturated rings. The summed E-state index contributed by atoms with van der Waals surface area (Å²) >= 11 is 0. The number of halogens is 2. The van der Waals surface area contributed by atoms with Crippen molar-refractivity contribution in [1.29, 1.82) is 0 Å². The molecule has 1 aromatic carbocycles. The molecule has 1 aliphatic rings. The third kappa shape index (κ3) is 3.20. The summed E-state index contributed by atoms with van der Waals surface area (Å²) in [6.07, 6.45) is 6.45. The molecule has 2 aromatic rings. The second kappa shape index (κ2) is 5.13. The number of nitrogens with zero attached hydrogens (tertiary/aromatic N) is 1. The van der Waals surface area contributed by atoms with Crippen LogP contribution in [0.15, 0.2) is 36.7 Å². The maximum absolute atomic E-state index is 13.5. The molecular formula is C15H16F2N2. The maximum Gasteiger partial charge on any atom is 0.131 e. The van der Waals surface area contributed by atoms with Crippen molar-refractivity contribution in [3.8, 4) is 0 Å². The molecule has 19 heavy (non-hydrogen) atoms. The predicted octanol–water partition coefficient (Wildman–Crippen LogP) is 3.07. The SMILES string of the molecule is Fc1ccc(Cn2ccc(CNC3CC3)c2)c(F)c1. The Morgan fingerprint density at radius 1 is 1.21 bits per heavy atom. The van der Waals surface area contributed by atoms with Gasteiger partial charge in [-0.2, -0.15) is 0 Å². The highest BCUT2D eigenvalue weighted by molar-refractivity contribution is 5.20. The van der Waals surface area contributed by atoms with E-state index in [0.29, 0.717) is 18.2 Å². The molecule has 0 amide bonds. The van der Waals surface area contributed by atoms with Crippen LogP contribution in [0.5, 0.6) is 0 Å². The van der Waals surface area contributed by atoms with Crippen LogP contribution >= 0.6 is 0 Å². The van der Waals surface area contributed by atoms with Crippen LogP contribution in [0.4, 0.5) is 8.78 Å². The van der Waals surface area contributed by atoms with Gasteiger partial charge in [-0.3, -0.25) is 0 Å². The second-order valence-electron chi connectivity index (χ2n) is 5.08. The topological polar surface area (TPSA) is 17.0 Å². The third-order valence-electron chi connectivity index (χ3n) is 3.35. The highest BCUT2D eigenvalue weighted by atomic mass is 19.1. The molecule has 4 heteroatoms.